The van der Waals surface area contributed by atoms with Crippen LogP contribution in [0, 0.1) is 12.8 Å². The number of aromatic nitrogens is 2. The van der Waals surface area contributed by atoms with Crippen LogP contribution < -0.4 is 5.32 Å². The van der Waals surface area contributed by atoms with Gasteiger partial charge < -0.3 is 9.84 Å². The van der Waals surface area contributed by atoms with E-state index in [0.29, 0.717) is 30.2 Å². The van der Waals surface area contributed by atoms with E-state index in [-0.39, 0.29) is 23.3 Å². The fourth-order valence-corrected chi connectivity index (χ4v) is 4.41. The summed E-state index contributed by atoms with van der Waals surface area (Å²) in [6.07, 6.45) is 0.609. The number of aryl methyl sites for hydroxylation is 1. The third-order valence-electron chi connectivity index (χ3n) is 3.80. The monoisotopic (exact) mass is 335 g/mol. The first-order valence-corrected chi connectivity index (χ1v) is 9.14. The molecule has 1 aromatic heterocycles. The minimum atomic E-state index is -2.92. The van der Waals surface area contributed by atoms with Gasteiger partial charge in [-0.2, -0.15) is 4.98 Å². The van der Waals surface area contributed by atoms with Gasteiger partial charge >= 0.3 is 0 Å². The van der Waals surface area contributed by atoms with Gasteiger partial charge in [0.25, 0.3) is 11.8 Å². The minimum absolute atomic E-state index is 0.00425. The molecule has 1 aliphatic heterocycles. The van der Waals surface area contributed by atoms with Crippen LogP contribution in [0.5, 0.6) is 0 Å². The van der Waals surface area contributed by atoms with Gasteiger partial charge in [0.2, 0.25) is 0 Å². The Kier molecular flexibility index (Phi) is 4.16. The summed E-state index contributed by atoms with van der Waals surface area (Å²) < 4.78 is 27.9. The van der Waals surface area contributed by atoms with Gasteiger partial charge in [-0.1, -0.05) is 5.16 Å². The maximum Gasteiger partial charge on any atom is 0.257 e. The molecule has 2 heterocycles. The SMILES string of the molecule is Cc1noc(-c2ccc(C(=O)NC[C@H]3CCS(=O)(=O)C3)cc2)n1. The number of hydrogen-bond donors (Lipinski definition) is 1. The van der Waals surface area contributed by atoms with Crippen molar-refractivity contribution in [3.8, 4) is 11.5 Å². The third kappa shape index (κ3) is 3.76. The van der Waals surface area contributed by atoms with Crippen LogP contribution in [0.2, 0.25) is 0 Å². The van der Waals surface area contributed by atoms with Crippen LogP contribution in [-0.2, 0) is 9.84 Å². The molecule has 1 fully saturated rings. The molecule has 122 valence electrons. The summed E-state index contributed by atoms with van der Waals surface area (Å²) in [4.78, 5) is 16.2. The Morgan fingerprint density at radius 2 is 2.09 bits per heavy atom. The zero-order valence-corrected chi connectivity index (χ0v) is 13.5. The Balaban J connectivity index is 1.60. The highest BCUT2D eigenvalue weighted by Gasteiger charge is 2.27. The van der Waals surface area contributed by atoms with Gasteiger partial charge in [-0.15, -0.1) is 0 Å². The molecular formula is C15H17N3O4S. The van der Waals surface area contributed by atoms with E-state index >= 15 is 0 Å². The molecule has 8 heteroatoms. The summed E-state index contributed by atoms with van der Waals surface area (Å²) in [7, 11) is -2.92. The van der Waals surface area contributed by atoms with Crippen LogP contribution >= 0.6 is 0 Å². The molecule has 7 nitrogen and oxygen atoms in total. The van der Waals surface area contributed by atoms with E-state index in [2.05, 4.69) is 15.5 Å². The predicted molar refractivity (Wildman–Crippen MR) is 83.6 cm³/mol. The summed E-state index contributed by atoms with van der Waals surface area (Å²) >= 11 is 0. The van der Waals surface area contributed by atoms with E-state index in [9.17, 15) is 13.2 Å². The molecule has 1 saturated heterocycles. The first-order chi connectivity index (χ1) is 10.9. The van der Waals surface area contributed by atoms with E-state index in [1.165, 1.54) is 0 Å². The third-order valence-corrected chi connectivity index (χ3v) is 5.64. The van der Waals surface area contributed by atoms with Crippen molar-refractivity contribution < 1.29 is 17.7 Å². The smallest absolute Gasteiger partial charge is 0.257 e. The Hall–Kier alpha value is -2.22. The standard InChI is InChI=1S/C15H17N3O4S/c1-10-17-15(22-18-10)13-4-2-12(3-5-13)14(19)16-8-11-6-7-23(20,21)9-11/h2-5,11H,6-9H2,1H3,(H,16,19)/t11-/m1/s1. The molecule has 23 heavy (non-hydrogen) atoms. The van der Waals surface area contributed by atoms with E-state index in [1.54, 1.807) is 31.2 Å². The lowest BCUT2D eigenvalue weighted by Gasteiger charge is -2.09. The molecule has 0 spiro atoms. The van der Waals surface area contributed by atoms with Gasteiger partial charge in [0, 0.05) is 17.7 Å². The van der Waals surface area contributed by atoms with Crippen LogP contribution in [0.4, 0.5) is 0 Å². The molecule has 0 aliphatic carbocycles. The van der Waals surface area contributed by atoms with Crippen molar-refractivity contribution in [2.75, 3.05) is 18.1 Å². The van der Waals surface area contributed by atoms with Crippen molar-refractivity contribution in [2.24, 2.45) is 5.92 Å². The number of nitrogens with zero attached hydrogens (tertiary/aromatic N) is 2. The molecule has 0 saturated carbocycles. The molecule has 1 N–H and O–H groups in total. The quantitative estimate of drug-likeness (QED) is 0.901. The predicted octanol–water partition coefficient (Wildman–Crippen LogP) is 1.21. The average Bonchev–Trinajstić information content (AvgIpc) is 3.10. The van der Waals surface area contributed by atoms with Crippen molar-refractivity contribution >= 4 is 15.7 Å². The number of carbonyl (C=O) groups is 1. The van der Waals surface area contributed by atoms with E-state index in [4.69, 9.17) is 4.52 Å². The van der Waals surface area contributed by atoms with Crippen molar-refractivity contribution in [3.05, 3.63) is 35.7 Å². The van der Waals surface area contributed by atoms with E-state index < -0.39 is 9.84 Å². The number of benzene rings is 1. The zero-order chi connectivity index (χ0) is 16.4. The van der Waals surface area contributed by atoms with Gasteiger partial charge in [-0.05, 0) is 43.5 Å². The highest BCUT2D eigenvalue weighted by molar-refractivity contribution is 7.91. The van der Waals surface area contributed by atoms with Crippen molar-refractivity contribution in [2.45, 2.75) is 13.3 Å². The first-order valence-electron chi connectivity index (χ1n) is 7.32. The summed E-state index contributed by atoms with van der Waals surface area (Å²) in [5.74, 6) is 1.11. The second-order valence-corrected chi connectivity index (χ2v) is 7.93. The summed E-state index contributed by atoms with van der Waals surface area (Å²) in [5, 5.41) is 6.51. The normalized spacial score (nSPS) is 19.6. The molecular weight excluding hydrogens is 318 g/mol. The molecule has 3 rings (SSSR count). The largest absolute Gasteiger partial charge is 0.352 e. The van der Waals surface area contributed by atoms with Crippen LogP contribution in [0.3, 0.4) is 0 Å². The average molecular weight is 335 g/mol. The number of carbonyl (C=O) groups excluding carboxylic acids is 1. The Bertz CT molecular complexity index is 812. The molecule has 0 bridgehead atoms. The van der Waals surface area contributed by atoms with Crippen LogP contribution in [-0.4, -0.2) is 42.5 Å². The number of sulfone groups is 1. The highest BCUT2D eigenvalue weighted by Crippen LogP contribution is 2.19. The Morgan fingerprint density at radius 1 is 1.35 bits per heavy atom. The van der Waals surface area contributed by atoms with Gasteiger partial charge in [-0.25, -0.2) is 8.42 Å². The summed E-state index contributed by atoms with van der Waals surface area (Å²) in [6, 6.07) is 6.83. The molecule has 1 aliphatic rings. The fourth-order valence-electron chi connectivity index (χ4n) is 2.55. The van der Waals surface area contributed by atoms with E-state index in [0.717, 1.165) is 5.56 Å². The zero-order valence-electron chi connectivity index (χ0n) is 12.7. The summed E-state index contributed by atoms with van der Waals surface area (Å²) in [5.41, 5.74) is 1.25. The van der Waals surface area contributed by atoms with Crippen molar-refractivity contribution in [1.82, 2.24) is 15.5 Å². The molecule has 0 unspecified atom stereocenters. The first kappa shape index (κ1) is 15.7. The molecule has 1 aromatic carbocycles. The molecule has 2 aromatic rings. The number of hydrogen-bond acceptors (Lipinski definition) is 6. The van der Waals surface area contributed by atoms with Crippen molar-refractivity contribution in [3.63, 3.8) is 0 Å². The maximum absolute atomic E-state index is 12.1. The number of rotatable bonds is 4. The second kappa shape index (κ2) is 6.11. The van der Waals surface area contributed by atoms with Crippen LogP contribution in [0.1, 0.15) is 22.6 Å². The lowest BCUT2D eigenvalue weighted by atomic mass is 10.1. The Labute approximate surface area is 134 Å². The molecule has 1 atom stereocenters. The molecule has 1 amide bonds. The Morgan fingerprint density at radius 3 is 2.65 bits per heavy atom. The lowest BCUT2D eigenvalue weighted by Crippen LogP contribution is -2.29. The van der Waals surface area contributed by atoms with Gasteiger partial charge in [-0.3, -0.25) is 4.79 Å². The number of amides is 1. The van der Waals surface area contributed by atoms with E-state index in [1.807, 2.05) is 0 Å². The highest BCUT2D eigenvalue weighted by atomic mass is 32.2. The topological polar surface area (TPSA) is 102 Å². The number of nitrogens with one attached hydrogen (secondary N) is 1. The van der Waals surface area contributed by atoms with Crippen molar-refractivity contribution in [1.29, 1.82) is 0 Å². The van der Waals surface area contributed by atoms with Gasteiger partial charge in [0.05, 0.1) is 11.5 Å². The van der Waals surface area contributed by atoms with Crippen LogP contribution in [0.25, 0.3) is 11.5 Å². The van der Waals surface area contributed by atoms with Gasteiger partial charge in [0.1, 0.15) is 0 Å². The van der Waals surface area contributed by atoms with Gasteiger partial charge in [0.15, 0.2) is 15.7 Å². The summed E-state index contributed by atoms with van der Waals surface area (Å²) in [6.45, 7) is 2.11. The minimum Gasteiger partial charge on any atom is -0.352 e. The molecule has 0 radical (unpaired) electrons. The second-order valence-electron chi connectivity index (χ2n) is 5.70. The lowest BCUT2D eigenvalue weighted by molar-refractivity contribution is 0.0948. The fraction of sp³-hybridized carbons (Fsp3) is 0.400. The maximum atomic E-state index is 12.1. The van der Waals surface area contributed by atoms with Crippen LogP contribution in [0.15, 0.2) is 28.8 Å².